The summed E-state index contributed by atoms with van der Waals surface area (Å²) < 4.78 is 5.84. The lowest BCUT2D eigenvalue weighted by Gasteiger charge is -2.35. The molecule has 2 heterocycles. The van der Waals surface area contributed by atoms with Gasteiger partial charge in [0.15, 0.2) is 0 Å². The first-order valence-electron chi connectivity index (χ1n) is 10.5. The molecular weight excluding hydrogens is 426 g/mol. The van der Waals surface area contributed by atoms with Gasteiger partial charge < -0.3 is 14.5 Å². The quantitative estimate of drug-likeness (QED) is 0.573. The van der Waals surface area contributed by atoms with Gasteiger partial charge in [0.05, 0.1) is 6.42 Å². The van der Waals surface area contributed by atoms with Crippen LogP contribution in [-0.2, 0) is 17.8 Å². The number of hydrogen-bond donors (Lipinski definition) is 0. The van der Waals surface area contributed by atoms with E-state index in [4.69, 9.17) is 16.3 Å². The van der Waals surface area contributed by atoms with Gasteiger partial charge in [-0.05, 0) is 47.5 Å². The van der Waals surface area contributed by atoms with Crippen LogP contribution >= 0.6 is 11.6 Å². The van der Waals surface area contributed by atoms with Crippen LogP contribution in [0.4, 0.5) is 0 Å². The fourth-order valence-corrected chi connectivity index (χ4v) is 3.86. The molecule has 3 aromatic rings. The van der Waals surface area contributed by atoms with Gasteiger partial charge in [0, 0.05) is 49.2 Å². The summed E-state index contributed by atoms with van der Waals surface area (Å²) in [5.74, 6) is 0.625. The van der Waals surface area contributed by atoms with E-state index in [1.807, 2.05) is 48.5 Å². The van der Waals surface area contributed by atoms with Gasteiger partial charge in [-0.1, -0.05) is 35.9 Å². The minimum Gasteiger partial charge on any atom is -0.489 e. The molecule has 32 heavy (non-hydrogen) atoms. The van der Waals surface area contributed by atoms with Crippen molar-refractivity contribution in [3.63, 3.8) is 0 Å². The first kappa shape index (κ1) is 21.8. The number of halogens is 1. The summed E-state index contributed by atoms with van der Waals surface area (Å²) in [6, 6.07) is 18.4. The minimum atomic E-state index is -0.0578. The van der Waals surface area contributed by atoms with Gasteiger partial charge in [0.1, 0.15) is 12.4 Å². The van der Waals surface area contributed by atoms with Crippen molar-refractivity contribution in [2.24, 2.45) is 0 Å². The summed E-state index contributed by atoms with van der Waals surface area (Å²) >= 11 is 6.02. The molecule has 1 aromatic heterocycles. The van der Waals surface area contributed by atoms with E-state index < -0.39 is 0 Å². The number of benzene rings is 2. The van der Waals surface area contributed by atoms with Crippen molar-refractivity contribution in [1.82, 2.24) is 14.8 Å². The molecule has 0 atom stereocenters. The zero-order valence-corrected chi connectivity index (χ0v) is 18.4. The maximum Gasteiger partial charge on any atom is 0.254 e. The van der Waals surface area contributed by atoms with Crippen LogP contribution in [-0.4, -0.2) is 52.8 Å². The lowest BCUT2D eigenvalue weighted by atomic mass is 10.1. The average Bonchev–Trinajstić information content (AvgIpc) is 2.83. The second-order valence-corrected chi connectivity index (χ2v) is 8.09. The first-order chi connectivity index (χ1) is 15.6. The van der Waals surface area contributed by atoms with E-state index in [1.54, 1.807) is 34.3 Å². The number of nitrogens with zero attached hydrogens (tertiary/aromatic N) is 3. The van der Waals surface area contributed by atoms with Crippen LogP contribution in [0.5, 0.6) is 5.75 Å². The third kappa shape index (κ3) is 5.65. The van der Waals surface area contributed by atoms with Crippen LogP contribution in [0.1, 0.15) is 21.5 Å². The Morgan fingerprint density at radius 1 is 0.906 bits per heavy atom. The van der Waals surface area contributed by atoms with Gasteiger partial charge in [-0.25, -0.2) is 0 Å². The molecule has 1 aliphatic rings. The zero-order chi connectivity index (χ0) is 22.3. The molecule has 4 rings (SSSR count). The smallest absolute Gasteiger partial charge is 0.254 e. The van der Waals surface area contributed by atoms with Crippen molar-refractivity contribution in [2.75, 3.05) is 26.2 Å². The zero-order valence-electron chi connectivity index (χ0n) is 17.6. The largest absolute Gasteiger partial charge is 0.489 e. The van der Waals surface area contributed by atoms with Crippen molar-refractivity contribution >= 4 is 23.4 Å². The second-order valence-electron chi connectivity index (χ2n) is 7.66. The summed E-state index contributed by atoms with van der Waals surface area (Å²) in [5, 5.41) is 0.660. The summed E-state index contributed by atoms with van der Waals surface area (Å²) in [5.41, 5.74) is 2.43. The summed E-state index contributed by atoms with van der Waals surface area (Å²) in [6.45, 7) is 2.43. The predicted molar refractivity (Wildman–Crippen MR) is 123 cm³/mol. The molecule has 0 N–H and O–H groups in total. The van der Waals surface area contributed by atoms with E-state index in [9.17, 15) is 9.59 Å². The number of carbonyl (C=O) groups is 2. The molecule has 2 aromatic carbocycles. The highest BCUT2D eigenvalue weighted by Gasteiger charge is 2.25. The first-order valence-corrected chi connectivity index (χ1v) is 10.9. The van der Waals surface area contributed by atoms with E-state index >= 15 is 0 Å². The van der Waals surface area contributed by atoms with Gasteiger partial charge in [0.2, 0.25) is 5.91 Å². The Balaban J connectivity index is 1.31. The molecule has 0 bridgehead atoms. The van der Waals surface area contributed by atoms with Crippen molar-refractivity contribution in [1.29, 1.82) is 0 Å². The molecule has 0 unspecified atom stereocenters. The van der Waals surface area contributed by atoms with Gasteiger partial charge in [-0.15, -0.1) is 0 Å². The highest BCUT2D eigenvalue weighted by Crippen LogP contribution is 2.19. The number of pyridine rings is 1. The molecule has 164 valence electrons. The van der Waals surface area contributed by atoms with Crippen molar-refractivity contribution < 1.29 is 14.3 Å². The topological polar surface area (TPSA) is 62.7 Å². The Morgan fingerprint density at radius 2 is 1.66 bits per heavy atom. The molecule has 0 saturated carbocycles. The van der Waals surface area contributed by atoms with Gasteiger partial charge in [-0.2, -0.15) is 0 Å². The lowest BCUT2D eigenvalue weighted by molar-refractivity contribution is -0.131. The summed E-state index contributed by atoms with van der Waals surface area (Å²) in [6.07, 6.45) is 3.72. The third-order valence-corrected chi connectivity index (χ3v) is 5.61. The Hall–Kier alpha value is -3.38. The number of amides is 2. The fraction of sp³-hybridized carbons (Fsp3) is 0.240. The Labute approximate surface area is 192 Å². The van der Waals surface area contributed by atoms with Crippen LogP contribution in [0.15, 0.2) is 73.1 Å². The average molecular weight is 450 g/mol. The molecule has 2 amide bonds. The van der Waals surface area contributed by atoms with Gasteiger partial charge >= 0.3 is 0 Å². The molecule has 0 spiro atoms. The Kier molecular flexibility index (Phi) is 7.02. The van der Waals surface area contributed by atoms with E-state index in [0.717, 1.165) is 11.1 Å². The molecule has 1 fully saturated rings. The maximum absolute atomic E-state index is 13.0. The molecule has 6 nitrogen and oxygen atoms in total. The van der Waals surface area contributed by atoms with Crippen LogP contribution < -0.4 is 4.74 Å². The number of aromatic nitrogens is 1. The Bertz CT molecular complexity index is 1080. The number of rotatable bonds is 6. The van der Waals surface area contributed by atoms with Crippen molar-refractivity contribution in [3.05, 3.63) is 94.8 Å². The molecule has 0 aliphatic carbocycles. The number of carbonyl (C=O) groups excluding carboxylic acids is 2. The number of ether oxygens (including phenoxy) is 1. The molecule has 7 heteroatoms. The molecule has 0 radical (unpaired) electrons. The normalized spacial score (nSPS) is 13.7. The second kappa shape index (κ2) is 10.3. The highest BCUT2D eigenvalue weighted by molar-refractivity contribution is 6.30. The van der Waals surface area contributed by atoms with Gasteiger partial charge in [-0.3, -0.25) is 14.6 Å². The van der Waals surface area contributed by atoms with Crippen LogP contribution in [0.3, 0.4) is 0 Å². The van der Waals surface area contributed by atoms with Gasteiger partial charge in [0.25, 0.3) is 5.91 Å². The van der Waals surface area contributed by atoms with Crippen LogP contribution in [0.25, 0.3) is 0 Å². The molecule has 1 saturated heterocycles. The van der Waals surface area contributed by atoms with Crippen LogP contribution in [0, 0.1) is 0 Å². The van der Waals surface area contributed by atoms with E-state index in [2.05, 4.69) is 4.98 Å². The fourth-order valence-electron chi connectivity index (χ4n) is 3.64. The maximum atomic E-state index is 13.0. The van der Waals surface area contributed by atoms with Crippen molar-refractivity contribution in [3.8, 4) is 5.75 Å². The minimum absolute atomic E-state index is 0.0570. The Morgan fingerprint density at radius 3 is 2.41 bits per heavy atom. The lowest BCUT2D eigenvalue weighted by Crippen LogP contribution is -2.51. The monoisotopic (exact) mass is 449 g/mol. The SMILES string of the molecule is O=C(Cc1cccnc1)N1CCN(C(=O)c2cccc(OCc3cccc(Cl)c3)c2)CC1. The standard InChI is InChI=1S/C25H24ClN3O3/c26-22-7-1-4-20(14-22)18-32-23-8-2-6-21(16-23)25(31)29-12-10-28(11-13-29)24(30)15-19-5-3-9-27-17-19/h1-9,14,16-17H,10-13,15,18H2. The van der Waals surface area contributed by atoms with E-state index in [-0.39, 0.29) is 11.8 Å². The van der Waals surface area contributed by atoms with Crippen LogP contribution in [0.2, 0.25) is 5.02 Å². The molecule has 1 aliphatic heterocycles. The number of piperazine rings is 1. The molecular formula is C25H24ClN3O3. The predicted octanol–water partition coefficient (Wildman–Crippen LogP) is 3.84. The van der Waals surface area contributed by atoms with Crippen molar-refractivity contribution in [2.45, 2.75) is 13.0 Å². The summed E-state index contributed by atoms with van der Waals surface area (Å²) in [7, 11) is 0. The highest BCUT2D eigenvalue weighted by atomic mass is 35.5. The van der Waals surface area contributed by atoms with E-state index in [1.165, 1.54) is 0 Å². The summed E-state index contributed by atoms with van der Waals surface area (Å²) in [4.78, 5) is 33.2. The van der Waals surface area contributed by atoms with E-state index in [0.29, 0.717) is 55.5 Å². The number of hydrogen-bond acceptors (Lipinski definition) is 4. The third-order valence-electron chi connectivity index (χ3n) is 5.37.